The normalized spacial score (nSPS) is 12.9. The SMILES string of the molecule is C[C@H](Cc1ccc(C(=O)NCc2ccccc2)cc1)NC[C@H](O)c1ccccc1. The average molecular weight is 389 g/mol. The van der Waals surface area contributed by atoms with E-state index in [0.717, 1.165) is 23.1 Å². The Labute approximate surface area is 172 Å². The molecule has 3 rings (SSSR count). The summed E-state index contributed by atoms with van der Waals surface area (Å²) in [5.74, 6) is -0.0717. The van der Waals surface area contributed by atoms with Crippen LogP contribution in [0.25, 0.3) is 0 Å². The van der Waals surface area contributed by atoms with Crippen LogP contribution in [0.2, 0.25) is 0 Å². The molecule has 1 amide bonds. The first-order chi connectivity index (χ1) is 14.1. The van der Waals surface area contributed by atoms with E-state index in [1.165, 1.54) is 0 Å². The van der Waals surface area contributed by atoms with Crippen molar-refractivity contribution in [3.63, 3.8) is 0 Å². The van der Waals surface area contributed by atoms with E-state index in [9.17, 15) is 9.90 Å². The van der Waals surface area contributed by atoms with Gasteiger partial charge in [-0.25, -0.2) is 0 Å². The van der Waals surface area contributed by atoms with Gasteiger partial charge < -0.3 is 15.7 Å². The van der Waals surface area contributed by atoms with Crippen molar-refractivity contribution < 1.29 is 9.90 Å². The first kappa shape index (κ1) is 20.8. The number of aliphatic hydroxyl groups is 1. The van der Waals surface area contributed by atoms with Crippen LogP contribution in [0, 0.1) is 0 Å². The van der Waals surface area contributed by atoms with E-state index in [1.54, 1.807) is 0 Å². The molecule has 3 aromatic carbocycles. The first-order valence-corrected chi connectivity index (χ1v) is 9.99. The van der Waals surface area contributed by atoms with Gasteiger partial charge in [0.2, 0.25) is 0 Å². The molecular weight excluding hydrogens is 360 g/mol. The molecule has 3 N–H and O–H groups in total. The second kappa shape index (κ2) is 10.6. The fourth-order valence-corrected chi connectivity index (χ4v) is 3.20. The first-order valence-electron chi connectivity index (χ1n) is 9.99. The van der Waals surface area contributed by atoms with E-state index < -0.39 is 6.10 Å². The maximum atomic E-state index is 12.3. The maximum absolute atomic E-state index is 12.3. The smallest absolute Gasteiger partial charge is 0.251 e. The fraction of sp³-hybridized carbons (Fsp3) is 0.240. The molecular formula is C25H28N2O2. The highest BCUT2D eigenvalue weighted by Gasteiger charge is 2.10. The third-order valence-corrected chi connectivity index (χ3v) is 4.90. The van der Waals surface area contributed by atoms with Crippen LogP contribution >= 0.6 is 0 Å². The standard InChI is InChI=1S/C25H28N2O2/c1-19(26-18-24(28)22-10-6-3-7-11-22)16-20-12-14-23(15-13-20)25(29)27-17-21-8-4-2-5-9-21/h2-15,19,24,26,28H,16-18H2,1H3,(H,27,29)/t19-,24+/m1/s1. The van der Waals surface area contributed by atoms with Gasteiger partial charge in [-0.3, -0.25) is 4.79 Å². The highest BCUT2D eigenvalue weighted by molar-refractivity contribution is 5.94. The van der Waals surface area contributed by atoms with E-state index in [0.29, 0.717) is 18.7 Å². The lowest BCUT2D eigenvalue weighted by molar-refractivity contribution is 0.0951. The third-order valence-electron chi connectivity index (χ3n) is 4.90. The Kier molecular flexibility index (Phi) is 7.56. The molecule has 0 bridgehead atoms. The summed E-state index contributed by atoms with van der Waals surface area (Å²) in [5.41, 5.74) is 3.80. The molecule has 3 aromatic rings. The number of benzene rings is 3. The van der Waals surface area contributed by atoms with Crippen molar-refractivity contribution >= 4 is 5.91 Å². The second-order valence-electron chi connectivity index (χ2n) is 7.31. The van der Waals surface area contributed by atoms with Crippen LogP contribution in [0.1, 0.15) is 40.1 Å². The predicted molar refractivity (Wildman–Crippen MR) is 117 cm³/mol. The highest BCUT2D eigenvalue weighted by atomic mass is 16.3. The van der Waals surface area contributed by atoms with Crippen LogP contribution in [0.3, 0.4) is 0 Å². The van der Waals surface area contributed by atoms with Crippen molar-refractivity contribution in [2.45, 2.75) is 32.0 Å². The van der Waals surface area contributed by atoms with Gasteiger partial charge in [0.15, 0.2) is 0 Å². The van der Waals surface area contributed by atoms with Gasteiger partial charge in [0, 0.05) is 24.7 Å². The van der Waals surface area contributed by atoms with Crippen LogP contribution in [-0.2, 0) is 13.0 Å². The quantitative estimate of drug-likeness (QED) is 0.521. The number of hydrogen-bond acceptors (Lipinski definition) is 3. The van der Waals surface area contributed by atoms with Gasteiger partial charge in [0.05, 0.1) is 6.10 Å². The van der Waals surface area contributed by atoms with Gasteiger partial charge in [0.1, 0.15) is 0 Å². The minimum absolute atomic E-state index is 0.0717. The van der Waals surface area contributed by atoms with Gasteiger partial charge >= 0.3 is 0 Å². The lowest BCUT2D eigenvalue weighted by Gasteiger charge is -2.17. The number of carbonyl (C=O) groups is 1. The molecule has 0 aliphatic carbocycles. The van der Waals surface area contributed by atoms with Crippen LogP contribution in [0.15, 0.2) is 84.9 Å². The van der Waals surface area contributed by atoms with Crippen molar-refractivity contribution in [1.29, 1.82) is 0 Å². The molecule has 0 unspecified atom stereocenters. The van der Waals surface area contributed by atoms with E-state index in [4.69, 9.17) is 0 Å². The third kappa shape index (κ3) is 6.56. The minimum atomic E-state index is -0.519. The molecule has 150 valence electrons. The Bertz CT molecular complexity index is 880. The fourth-order valence-electron chi connectivity index (χ4n) is 3.20. The zero-order chi connectivity index (χ0) is 20.5. The van der Waals surface area contributed by atoms with Gasteiger partial charge in [-0.05, 0) is 42.2 Å². The van der Waals surface area contributed by atoms with Crippen molar-refractivity contribution in [3.8, 4) is 0 Å². The predicted octanol–water partition coefficient (Wildman–Crippen LogP) is 3.87. The number of aliphatic hydroxyl groups excluding tert-OH is 1. The number of nitrogens with one attached hydrogen (secondary N) is 2. The molecule has 0 spiro atoms. The topological polar surface area (TPSA) is 61.4 Å². The summed E-state index contributed by atoms with van der Waals surface area (Å²) in [4.78, 5) is 12.3. The molecule has 0 aliphatic heterocycles. The Balaban J connectivity index is 1.45. The molecule has 0 saturated heterocycles. The van der Waals surface area contributed by atoms with Crippen LogP contribution in [-0.4, -0.2) is 23.6 Å². The monoisotopic (exact) mass is 388 g/mol. The lowest BCUT2D eigenvalue weighted by Crippen LogP contribution is -2.32. The average Bonchev–Trinajstić information content (AvgIpc) is 2.77. The van der Waals surface area contributed by atoms with E-state index in [-0.39, 0.29) is 11.9 Å². The molecule has 0 heterocycles. The number of amides is 1. The summed E-state index contributed by atoms with van der Waals surface area (Å²) in [5, 5.41) is 16.6. The van der Waals surface area contributed by atoms with Gasteiger partial charge in [0.25, 0.3) is 5.91 Å². The largest absolute Gasteiger partial charge is 0.387 e. The molecule has 0 radical (unpaired) electrons. The van der Waals surface area contributed by atoms with Gasteiger partial charge in [-0.1, -0.05) is 72.8 Å². The summed E-state index contributed by atoms with van der Waals surface area (Å²) in [6.07, 6.45) is 0.308. The molecule has 29 heavy (non-hydrogen) atoms. The molecule has 2 atom stereocenters. The van der Waals surface area contributed by atoms with Gasteiger partial charge in [-0.15, -0.1) is 0 Å². The summed E-state index contributed by atoms with van der Waals surface area (Å²) >= 11 is 0. The number of rotatable bonds is 9. The van der Waals surface area contributed by atoms with E-state index in [1.807, 2.05) is 84.9 Å². The van der Waals surface area contributed by atoms with E-state index in [2.05, 4.69) is 17.6 Å². The van der Waals surface area contributed by atoms with Crippen LogP contribution in [0.4, 0.5) is 0 Å². The molecule has 0 aliphatic rings. The van der Waals surface area contributed by atoms with Crippen molar-refractivity contribution in [3.05, 3.63) is 107 Å². The lowest BCUT2D eigenvalue weighted by atomic mass is 10.0. The van der Waals surface area contributed by atoms with Crippen molar-refractivity contribution in [2.75, 3.05) is 6.54 Å². The Morgan fingerprint density at radius 3 is 2.14 bits per heavy atom. The summed E-state index contributed by atoms with van der Waals surface area (Å²) in [6, 6.07) is 27.4. The molecule has 4 heteroatoms. The number of carbonyl (C=O) groups excluding carboxylic acids is 1. The summed E-state index contributed by atoms with van der Waals surface area (Å²) in [7, 11) is 0. The molecule has 0 fully saturated rings. The zero-order valence-corrected chi connectivity index (χ0v) is 16.7. The van der Waals surface area contributed by atoms with Crippen molar-refractivity contribution in [2.24, 2.45) is 0 Å². The summed E-state index contributed by atoms with van der Waals surface area (Å²) in [6.45, 7) is 3.12. The Hall–Kier alpha value is -2.95. The van der Waals surface area contributed by atoms with Crippen LogP contribution in [0.5, 0.6) is 0 Å². The molecule has 0 saturated carbocycles. The Morgan fingerprint density at radius 2 is 1.48 bits per heavy atom. The highest BCUT2D eigenvalue weighted by Crippen LogP contribution is 2.12. The van der Waals surface area contributed by atoms with Gasteiger partial charge in [-0.2, -0.15) is 0 Å². The second-order valence-corrected chi connectivity index (χ2v) is 7.31. The Morgan fingerprint density at radius 1 is 0.862 bits per heavy atom. The zero-order valence-electron chi connectivity index (χ0n) is 16.7. The summed E-state index contributed by atoms with van der Waals surface area (Å²) < 4.78 is 0. The van der Waals surface area contributed by atoms with Crippen LogP contribution < -0.4 is 10.6 Å². The minimum Gasteiger partial charge on any atom is -0.387 e. The number of hydrogen-bond donors (Lipinski definition) is 3. The van der Waals surface area contributed by atoms with Crippen molar-refractivity contribution in [1.82, 2.24) is 10.6 Å². The maximum Gasteiger partial charge on any atom is 0.251 e. The molecule has 4 nitrogen and oxygen atoms in total. The van der Waals surface area contributed by atoms with E-state index >= 15 is 0 Å². The molecule has 0 aromatic heterocycles.